The molecule has 0 aliphatic carbocycles. The molecule has 3 aromatic carbocycles. The lowest BCUT2D eigenvalue weighted by Gasteiger charge is -2.16. The molecule has 0 saturated carbocycles. The molecule has 2 aliphatic rings. The molecule has 5 amide bonds. The molecular formula is C51H69IN12O8S. The van der Waals surface area contributed by atoms with Gasteiger partial charge in [-0.2, -0.15) is 16.3 Å². The van der Waals surface area contributed by atoms with Crippen molar-refractivity contribution in [2.24, 2.45) is 10.2 Å². The lowest BCUT2D eigenvalue weighted by molar-refractivity contribution is -0.659. The molecule has 0 spiro atoms. The number of pyridine rings is 1. The summed E-state index contributed by atoms with van der Waals surface area (Å²) in [4.78, 5) is 54.4. The van der Waals surface area contributed by atoms with E-state index in [0.29, 0.717) is 115 Å². The second kappa shape index (κ2) is 33.4. The number of hydrogen-bond acceptors (Lipinski definition) is 11. The van der Waals surface area contributed by atoms with Crippen LogP contribution in [0.25, 0.3) is 53.8 Å². The van der Waals surface area contributed by atoms with Gasteiger partial charge in [0.25, 0.3) is 0 Å². The first kappa shape index (κ1) is 58.4. The molecule has 0 radical (unpaired) electrons. The Balaban J connectivity index is 0.00000988. The number of aromatic nitrogens is 1. The van der Waals surface area contributed by atoms with Crippen LogP contribution in [0.15, 0.2) is 77.0 Å². The third-order valence-electron chi connectivity index (χ3n) is 12.5. The van der Waals surface area contributed by atoms with Crippen molar-refractivity contribution >= 4 is 68.6 Å². The van der Waals surface area contributed by atoms with E-state index in [1.165, 1.54) is 0 Å². The highest BCUT2D eigenvalue weighted by Gasteiger charge is 2.42. The summed E-state index contributed by atoms with van der Waals surface area (Å²) in [7, 11) is 0. The Hall–Kier alpha value is -5.45. The first-order chi connectivity index (χ1) is 35.3. The highest BCUT2D eigenvalue weighted by molar-refractivity contribution is 8.00. The van der Waals surface area contributed by atoms with Crippen molar-refractivity contribution in [2.45, 2.75) is 101 Å². The van der Waals surface area contributed by atoms with E-state index in [4.69, 9.17) is 30.0 Å². The third-order valence-corrected chi connectivity index (χ3v) is 14.0. The summed E-state index contributed by atoms with van der Waals surface area (Å²) in [5.41, 5.74) is 22.2. The van der Waals surface area contributed by atoms with Gasteiger partial charge in [-0.05, 0) is 80.3 Å². The number of thioether (sulfide) groups is 1. The van der Waals surface area contributed by atoms with Crippen LogP contribution >= 0.6 is 11.8 Å². The fourth-order valence-electron chi connectivity index (χ4n) is 8.91. The quantitative estimate of drug-likeness (QED) is 0.00599. The molecule has 73 heavy (non-hydrogen) atoms. The van der Waals surface area contributed by atoms with Crippen molar-refractivity contribution in [3.8, 4) is 11.3 Å². The molecule has 2 aliphatic heterocycles. The standard InChI is InChI=1S/C51H68N12O8S.HI/c52-61-59-38-17-19-40-41-20-18-39(60-62-53)35-44(41)63(50(42(40)34-38)37-12-4-1-5-13-37)25-11-2-6-15-47(65)56-24-27-69-29-31-71-33-32-70-30-28-68-26-21-48(66)55-23-10-3-9-22-54-46(64)16-8-7-14-45-49-43(36-72-45)57-51(67)58-49;/h1,4-5,12-13,17-20,34-35,43,45,49H,2-3,6-11,14-16,21-33,36H2,(H4-,54,55,56,57,58,64,65,66,67);1H/t43-,45-,49-;/m0./s1. The minimum Gasteiger partial charge on any atom is -1.00 e. The smallest absolute Gasteiger partial charge is 0.315 e. The number of halogens is 1. The average molecular weight is 1140 g/mol. The van der Waals surface area contributed by atoms with E-state index in [-0.39, 0.29) is 66.2 Å². The second-order valence-electron chi connectivity index (χ2n) is 17.7. The van der Waals surface area contributed by atoms with Gasteiger partial charge in [-0.15, -0.1) is 0 Å². The van der Waals surface area contributed by atoms with Crippen molar-refractivity contribution in [2.75, 3.05) is 78.2 Å². The van der Waals surface area contributed by atoms with E-state index < -0.39 is 0 Å². The predicted molar refractivity (Wildman–Crippen MR) is 278 cm³/mol. The number of hydrogen-bond donors (Lipinski definition) is 5. The van der Waals surface area contributed by atoms with Crippen molar-refractivity contribution in [3.63, 3.8) is 0 Å². The van der Waals surface area contributed by atoms with E-state index in [1.54, 1.807) is 12.1 Å². The molecule has 0 bridgehead atoms. The molecule has 2 fully saturated rings. The van der Waals surface area contributed by atoms with Crippen LogP contribution in [-0.2, 0) is 39.9 Å². The average Bonchev–Trinajstić information content (AvgIpc) is 3.95. The molecule has 3 atom stereocenters. The highest BCUT2D eigenvalue weighted by atomic mass is 127. The van der Waals surface area contributed by atoms with E-state index >= 15 is 0 Å². The summed E-state index contributed by atoms with van der Waals surface area (Å²) in [6, 6.07) is 21.7. The first-order valence-corrected chi connectivity index (χ1v) is 26.3. The number of fused-ring (bicyclic) bond motifs is 4. The van der Waals surface area contributed by atoms with Crippen LogP contribution in [0.3, 0.4) is 0 Å². The highest BCUT2D eigenvalue weighted by Crippen LogP contribution is 2.36. The number of carbonyl (C=O) groups excluding carboxylic acids is 4. The molecule has 0 unspecified atom stereocenters. The van der Waals surface area contributed by atoms with Gasteiger partial charge >= 0.3 is 6.03 Å². The molecule has 3 heterocycles. The molecule has 1 aromatic heterocycles. The Morgan fingerprint density at radius 2 is 1.21 bits per heavy atom. The molecule has 4 aromatic rings. The monoisotopic (exact) mass is 1140 g/mol. The summed E-state index contributed by atoms with van der Waals surface area (Å²) in [5, 5.41) is 25.9. The lowest BCUT2D eigenvalue weighted by Crippen LogP contribution is -3.00. The van der Waals surface area contributed by atoms with Gasteiger partial charge in [-0.1, -0.05) is 53.0 Å². The van der Waals surface area contributed by atoms with Crippen LogP contribution in [0.4, 0.5) is 16.2 Å². The van der Waals surface area contributed by atoms with Gasteiger partial charge in [0.2, 0.25) is 28.9 Å². The fraction of sp³-hybridized carbons (Fsp3) is 0.549. The zero-order valence-corrected chi connectivity index (χ0v) is 44.4. The molecule has 5 N–H and O–H groups in total. The third kappa shape index (κ3) is 19.7. The Morgan fingerprint density at radius 1 is 0.630 bits per heavy atom. The molecule has 394 valence electrons. The van der Waals surface area contributed by atoms with Crippen LogP contribution in [0.5, 0.6) is 0 Å². The van der Waals surface area contributed by atoms with Gasteiger partial charge in [0.15, 0.2) is 0 Å². The number of nitrogens with one attached hydrogen (secondary N) is 5. The largest absolute Gasteiger partial charge is 1.00 e. The summed E-state index contributed by atoms with van der Waals surface area (Å²) in [6.45, 7) is 5.38. The van der Waals surface area contributed by atoms with E-state index in [2.05, 4.69) is 51.2 Å². The number of ether oxygens (including phenoxy) is 4. The van der Waals surface area contributed by atoms with Gasteiger partial charge in [0.05, 0.1) is 75.7 Å². The Kier molecular flexibility index (Phi) is 26.7. The number of benzene rings is 3. The van der Waals surface area contributed by atoms with E-state index in [1.807, 2.05) is 66.4 Å². The van der Waals surface area contributed by atoms with Gasteiger partial charge in [0.1, 0.15) is 6.54 Å². The maximum atomic E-state index is 12.6. The Morgan fingerprint density at radius 3 is 1.88 bits per heavy atom. The van der Waals surface area contributed by atoms with Crippen LogP contribution in [0.1, 0.15) is 77.0 Å². The van der Waals surface area contributed by atoms with Crippen molar-refractivity contribution in [1.29, 1.82) is 0 Å². The predicted octanol–water partition coefficient (Wildman–Crippen LogP) is 5.10. The number of aryl methyl sites for hydroxylation is 1. The number of nitrogens with zero attached hydrogens (tertiary/aromatic N) is 7. The molecule has 2 saturated heterocycles. The second-order valence-corrected chi connectivity index (χ2v) is 18.9. The number of amides is 5. The molecular weight excluding hydrogens is 1070 g/mol. The van der Waals surface area contributed by atoms with Gasteiger partial charge < -0.3 is 69.5 Å². The maximum Gasteiger partial charge on any atom is 0.315 e. The summed E-state index contributed by atoms with van der Waals surface area (Å²) < 4.78 is 24.5. The van der Waals surface area contributed by atoms with Crippen molar-refractivity contribution in [1.82, 2.24) is 26.6 Å². The van der Waals surface area contributed by atoms with Crippen LogP contribution in [0.2, 0.25) is 0 Å². The summed E-state index contributed by atoms with van der Waals surface area (Å²) in [6.07, 6.45) is 8.97. The molecule has 6 rings (SSSR count). The zero-order chi connectivity index (χ0) is 50.6. The normalized spacial score (nSPS) is 15.6. The Bertz CT molecular complexity index is 2500. The number of azide groups is 2. The van der Waals surface area contributed by atoms with Crippen LogP contribution in [-0.4, -0.2) is 119 Å². The van der Waals surface area contributed by atoms with Gasteiger partial charge in [-0.25, -0.2) is 4.79 Å². The van der Waals surface area contributed by atoms with Gasteiger partial charge in [-0.3, -0.25) is 14.4 Å². The fourth-order valence-corrected chi connectivity index (χ4v) is 10.5. The number of carbonyl (C=O) groups is 4. The summed E-state index contributed by atoms with van der Waals surface area (Å²) in [5.74, 6) is 0.946. The maximum absolute atomic E-state index is 12.6. The van der Waals surface area contributed by atoms with Crippen LogP contribution < -0.4 is 55.1 Å². The molecule has 22 heteroatoms. The minimum atomic E-state index is -0.0675. The lowest BCUT2D eigenvalue weighted by atomic mass is 9.98. The number of urea groups is 1. The zero-order valence-electron chi connectivity index (χ0n) is 41.4. The number of rotatable bonds is 35. The SMILES string of the molecule is [I-].[N-]=[N+]=Nc1ccc2c(c1)c(-c1ccccc1)[n+](CCCCCC(=O)NCCOCCOCCOCCOCCC(=O)NCCCCCNC(=O)CCCC[C@@H]1SC[C@@H]3NC(=O)N[C@@H]31)c1cc(N=[N+]=[N-])ccc21. The Labute approximate surface area is 447 Å². The van der Waals surface area contributed by atoms with E-state index in [9.17, 15) is 19.2 Å². The first-order valence-electron chi connectivity index (χ1n) is 25.2. The van der Waals surface area contributed by atoms with Crippen molar-refractivity contribution < 1.29 is 66.7 Å². The topological polar surface area (TPSA) is 267 Å². The minimum absolute atomic E-state index is 0. The van der Waals surface area contributed by atoms with E-state index in [0.717, 1.165) is 90.1 Å². The molecule has 20 nitrogen and oxygen atoms in total. The number of unbranched alkanes of at least 4 members (excludes halogenated alkanes) is 5. The van der Waals surface area contributed by atoms with Gasteiger partial charge in [0, 0.05) is 94.5 Å². The van der Waals surface area contributed by atoms with Crippen molar-refractivity contribution in [3.05, 3.63) is 87.6 Å². The van der Waals surface area contributed by atoms with Crippen LogP contribution in [0, 0.1) is 0 Å². The summed E-state index contributed by atoms with van der Waals surface area (Å²) >= 11 is 1.90.